The summed E-state index contributed by atoms with van der Waals surface area (Å²) in [4.78, 5) is 9.47. The summed E-state index contributed by atoms with van der Waals surface area (Å²) in [5, 5.41) is 4.72. The highest BCUT2D eigenvalue weighted by atomic mass is 32.2. The smallest absolute Gasteiger partial charge is 0.243 e. The molecule has 1 aliphatic heterocycles. The predicted octanol–water partition coefficient (Wildman–Crippen LogP) is 4.03. The number of fused-ring (bicyclic) bond motifs is 1. The van der Waals surface area contributed by atoms with E-state index in [4.69, 9.17) is 9.51 Å². The first-order chi connectivity index (χ1) is 14.4. The van der Waals surface area contributed by atoms with Crippen LogP contribution in [-0.4, -0.2) is 45.5 Å². The Morgan fingerprint density at radius 3 is 2.60 bits per heavy atom. The van der Waals surface area contributed by atoms with Gasteiger partial charge in [0.15, 0.2) is 11.0 Å². The van der Waals surface area contributed by atoms with E-state index < -0.39 is 10.0 Å². The number of sulfonamides is 1. The van der Waals surface area contributed by atoms with Crippen LogP contribution in [0, 0.1) is 0 Å². The van der Waals surface area contributed by atoms with Gasteiger partial charge in [0.1, 0.15) is 0 Å². The second-order valence-corrected chi connectivity index (χ2v) is 10.7. The highest BCUT2D eigenvalue weighted by Gasteiger charge is 2.27. The molecule has 1 aromatic carbocycles. The van der Waals surface area contributed by atoms with Crippen molar-refractivity contribution in [2.75, 3.05) is 13.1 Å². The van der Waals surface area contributed by atoms with Gasteiger partial charge in [-0.25, -0.2) is 13.4 Å². The highest BCUT2D eigenvalue weighted by Crippen LogP contribution is 2.36. The van der Waals surface area contributed by atoms with Gasteiger partial charge in [-0.2, -0.15) is 9.29 Å². The molecule has 0 N–H and O–H groups in total. The fourth-order valence-electron chi connectivity index (χ4n) is 3.68. The van der Waals surface area contributed by atoms with Gasteiger partial charge in [-0.3, -0.25) is 0 Å². The van der Waals surface area contributed by atoms with Gasteiger partial charge in [0.25, 0.3) is 0 Å². The maximum Gasteiger partial charge on any atom is 0.243 e. The maximum absolute atomic E-state index is 13.0. The van der Waals surface area contributed by atoms with E-state index >= 15 is 0 Å². The fourth-order valence-corrected chi connectivity index (χ4v) is 6.24. The molecule has 3 aromatic rings. The SMILES string of the molecule is CCc1noc(C(C)Sc2nc3cc(S(=O)(=O)N4CCCCC4)ccc3n2CC)n1. The number of rotatable bonds is 7. The van der Waals surface area contributed by atoms with Crippen molar-refractivity contribution in [1.29, 1.82) is 0 Å². The Hall–Kier alpha value is -1.91. The zero-order chi connectivity index (χ0) is 21.3. The Balaban J connectivity index is 1.65. The van der Waals surface area contributed by atoms with Gasteiger partial charge in [-0.15, -0.1) is 0 Å². The molecule has 10 heteroatoms. The van der Waals surface area contributed by atoms with Crippen molar-refractivity contribution < 1.29 is 12.9 Å². The first-order valence-corrected chi connectivity index (χ1v) is 12.8. The van der Waals surface area contributed by atoms with Crippen LogP contribution in [0.4, 0.5) is 0 Å². The minimum absolute atomic E-state index is 0.0588. The molecule has 0 saturated carbocycles. The maximum atomic E-state index is 13.0. The topological polar surface area (TPSA) is 94.1 Å². The van der Waals surface area contributed by atoms with Crippen LogP contribution in [0.3, 0.4) is 0 Å². The second-order valence-electron chi connectivity index (χ2n) is 7.42. The van der Waals surface area contributed by atoms with Crippen molar-refractivity contribution in [2.24, 2.45) is 0 Å². The first kappa shape index (κ1) is 21.3. The van der Waals surface area contributed by atoms with Crippen LogP contribution in [0.25, 0.3) is 11.0 Å². The summed E-state index contributed by atoms with van der Waals surface area (Å²) in [5.74, 6) is 1.26. The molecule has 0 amide bonds. The molecule has 0 radical (unpaired) electrons. The average Bonchev–Trinajstić information content (AvgIpc) is 3.38. The van der Waals surface area contributed by atoms with Crippen LogP contribution < -0.4 is 0 Å². The van der Waals surface area contributed by atoms with Crippen molar-refractivity contribution >= 4 is 32.8 Å². The molecule has 1 saturated heterocycles. The number of hydrogen-bond acceptors (Lipinski definition) is 7. The summed E-state index contributed by atoms with van der Waals surface area (Å²) in [6.07, 6.45) is 3.65. The quantitative estimate of drug-likeness (QED) is 0.503. The lowest BCUT2D eigenvalue weighted by molar-refractivity contribution is 0.346. The van der Waals surface area contributed by atoms with E-state index in [0.717, 1.165) is 42.9 Å². The molecule has 0 aliphatic carbocycles. The monoisotopic (exact) mass is 449 g/mol. The van der Waals surface area contributed by atoms with Gasteiger partial charge in [0, 0.05) is 26.1 Å². The zero-order valence-corrected chi connectivity index (χ0v) is 19.2. The number of aryl methyl sites for hydroxylation is 2. The van der Waals surface area contributed by atoms with Crippen molar-refractivity contribution in [1.82, 2.24) is 24.0 Å². The second kappa shape index (κ2) is 8.68. The van der Waals surface area contributed by atoms with Gasteiger partial charge < -0.3 is 9.09 Å². The average molecular weight is 450 g/mol. The van der Waals surface area contributed by atoms with Crippen LogP contribution in [0.5, 0.6) is 0 Å². The van der Waals surface area contributed by atoms with Crippen LogP contribution in [-0.2, 0) is 23.0 Å². The minimum Gasteiger partial charge on any atom is -0.338 e. The third-order valence-corrected chi connectivity index (χ3v) is 8.36. The normalized spacial score (nSPS) is 16.9. The van der Waals surface area contributed by atoms with E-state index in [9.17, 15) is 8.42 Å². The van der Waals surface area contributed by atoms with E-state index in [-0.39, 0.29) is 5.25 Å². The molecule has 2 aromatic heterocycles. The lowest BCUT2D eigenvalue weighted by atomic mass is 10.2. The van der Waals surface area contributed by atoms with Crippen LogP contribution in [0.2, 0.25) is 0 Å². The first-order valence-electron chi connectivity index (χ1n) is 10.4. The molecular weight excluding hydrogens is 422 g/mol. The van der Waals surface area contributed by atoms with Crippen LogP contribution >= 0.6 is 11.8 Å². The molecule has 1 fully saturated rings. The molecule has 1 atom stereocenters. The van der Waals surface area contributed by atoms with Gasteiger partial charge in [-0.1, -0.05) is 30.3 Å². The fraction of sp³-hybridized carbons (Fsp3) is 0.550. The summed E-state index contributed by atoms with van der Waals surface area (Å²) in [6, 6.07) is 5.25. The van der Waals surface area contributed by atoms with E-state index in [1.54, 1.807) is 16.4 Å². The molecule has 8 nitrogen and oxygen atoms in total. The Morgan fingerprint density at radius 1 is 1.17 bits per heavy atom. The Morgan fingerprint density at radius 2 is 1.93 bits per heavy atom. The number of piperidine rings is 1. The Bertz CT molecular complexity index is 1130. The summed E-state index contributed by atoms with van der Waals surface area (Å²) >= 11 is 1.53. The number of thioether (sulfide) groups is 1. The summed E-state index contributed by atoms with van der Waals surface area (Å²) in [7, 11) is -3.49. The molecule has 3 heterocycles. The lowest BCUT2D eigenvalue weighted by Gasteiger charge is -2.25. The number of imidazole rings is 1. The third kappa shape index (κ3) is 4.00. The van der Waals surface area contributed by atoms with E-state index in [2.05, 4.69) is 21.6 Å². The van der Waals surface area contributed by atoms with Crippen LogP contribution in [0.15, 0.2) is 32.8 Å². The largest absolute Gasteiger partial charge is 0.338 e. The van der Waals surface area contributed by atoms with Crippen molar-refractivity contribution in [3.8, 4) is 0 Å². The molecule has 0 bridgehead atoms. The molecule has 1 unspecified atom stereocenters. The summed E-state index contributed by atoms with van der Waals surface area (Å²) in [5.41, 5.74) is 1.61. The number of benzene rings is 1. The minimum atomic E-state index is -3.49. The van der Waals surface area contributed by atoms with E-state index in [0.29, 0.717) is 35.2 Å². The van der Waals surface area contributed by atoms with Crippen molar-refractivity contribution in [3.05, 3.63) is 29.9 Å². The molecule has 1 aliphatic rings. The summed E-state index contributed by atoms with van der Waals surface area (Å²) < 4.78 is 35.1. The van der Waals surface area contributed by atoms with Crippen molar-refractivity contribution in [2.45, 2.75) is 68.3 Å². The molecule has 30 heavy (non-hydrogen) atoms. The standard InChI is InChI=1S/C20H27N5O3S2/c1-4-18-22-19(28-23-18)14(3)29-20-21-16-13-15(9-10-17(16)25(20)5-2)30(26,27)24-11-7-6-8-12-24/h9-10,13-14H,4-8,11-12H2,1-3H3. The predicted molar refractivity (Wildman–Crippen MR) is 116 cm³/mol. The van der Waals surface area contributed by atoms with E-state index in [1.807, 2.05) is 19.9 Å². The van der Waals surface area contributed by atoms with Gasteiger partial charge >= 0.3 is 0 Å². The Labute approximate surface area is 181 Å². The van der Waals surface area contributed by atoms with Gasteiger partial charge in [0.2, 0.25) is 15.9 Å². The third-order valence-electron chi connectivity index (χ3n) is 5.38. The van der Waals surface area contributed by atoms with Gasteiger partial charge in [-0.05, 0) is 44.9 Å². The molecule has 162 valence electrons. The highest BCUT2D eigenvalue weighted by molar-refractivity contribution is 7.99. The lowest BCUT2D eigenvalue weighted by Crippen LogP contribution is -2.35. The molecule has 4 rings (SSSR count). The number of hydrogen-bond donors (Lipinski definition) is 0. The van der Waals surface area contributed by atoms with Gasteiger partial charge in [0.05, 0.1) is 21.2 Å². The Kier molecular flexibility index (Phi) is 6.17. The number of nitrogens with zero attached hydrogens (tertiary/aromatic N) is 5. The summed E-state index contributed by atoms with van der Waals surface area (Å²) in [6.45, 7) is 7.95. The van der Waals surface area contributed by atoms with Crippen molar-refractivity contribution in [3.63, 3.8) is 0 Å². The zero-order valence-electron chi connectivity index (χ0n) is 17.5. The van der Waals surface area contributed by atoms with Crippen LogP contribution in [0.1, 0.15) is 57.0 Å². The number of aromatic nitrogens is 4. The van der Waals surface area contributed by atoms with E-state index in [1.165, 1.54) is 11.8 Å². The molecular formula is C20H27N5O3S2. The molecule has 0 spiro atoms.